The molecule has 1 spiro atoms. The molecule has 2 saturated heterocycles. The van der Waals surface area contributed by atoms with Crippen molar-refractivity contribution in [3.05, 3.63) is 24.0 Å². The van der Waals surface area contributed by atoms with Crippen molar-refractivity contribution in [1.29, 1.82) is 0 Å². The lowest BCUT2D eigenvalue weighted by atomic mass is 9.71. The summed E-state index contributed by atoms with van der Waals surface area (Å²) in [5.41, 5.74) is 1.81. The Hall–Kier alpha value is -0.800. The highest BCUT2D eigenvalue weighted by molar-refractivity contribution is 5.24. The van der Waals surface area contributed by atoms with E-state index in [-0.39, 0.29) is 0 Å². The lowest BCUT2D eigenvalue weighted by Gasteiger charge is -2.47. The number of nitrogens with one attached hydrogen (secondary N) is 1. The van der Waals surface area contributed by atoms with E-state index in [9.17, 15) is 0 Å². The molecule has 2 aliphatic heterocycles. The third-order valence-corrected chi connectivity index (χ3v) is 4.07. The van der Waals surface area contributed by atoms with Crippen LogP contribution >= 0.6 is 0 Å². The number of hydrogen-bond acceptors (Lipinski definition) is 2. The molecule has 2 aliphatic rings. The zero-order valence-electron chi connectivity index (χ0n) is 10.1. The van der Waals surface area contributed by atoms with Crippen molar-refractivity contribution in [2.24, 2.45) is 5.41 Å². The number of ether oxygens (including phenoxy) is 1. The van der Waals surface area contributed by atoms with Gasteiger partial charge in [0.1, 0.15) is 0 Å². The van der Waals surface area contributed by atoms with Gasteiger partial charge >= 0.3 is 0 Å². The van der Waals surface area contributed by atoms with Crippen molar-refractivity contribution in [2.45, 2.75) is 32.4 Å². The first kappa shape index (κ1) is 10.4. The van der Waals surface area contributed by atoms with Gasteiger partial charge in [0.15, 0.2) is 0 Å². The lowest BCUT2D eigenvalue weighted by Crippen LogP contribution is -2.56. The summed E-state index contributed by atoms with van der Waals surface area (Å²) in [5, 5.41) is 3.55. The maximum atomic E-state index is 5.56. The fraction of sp³-hybridized carbons (Fsp3) is 0.692. The van der Waals surface area contributed by atoms with Crippen molar-refractivity contribution < 1.29 is 4.74 Å². The number of aromatic nitrogens is 1. The standard InChI is InChI=1S/C13H20N2O/c1-10(2)15-5-3-11(7-15)12-13(8-14-12)4-6-16-9-13/h3,5,7,10,12,14H,4,6,8-9H2,1-2H3/t12-,13+/m0/s1. The van der Waals surface area contributed by atoms with E-state index in [4.69, 9.17) is 4.74 Å². The Morgan fingerprint density at radius 2 is 2.44 bits per heavy atom. The van der Waals surface area contributed by atoms with Crippen LogP contribution in [0.15, 0.2) is 18.5 Å². The number of rotatable bonds is 2. The van der Waals surface area contributed by atoms with Crippen LogP contribution in [0.1, 0.15) is 37.9 Å². The van der Waals surface area contributed by atoms with Crippen LogP contribution < -0.4 is 5.32 Å². The summed E-state index contributed by atoms with van der Waals surface area (Å²) in [6.07, 6.45) is 5.67. The molecule has 1 N–H and O–H groups in total. The molecule has 2 fully saturated rings. The Labute approximate surface area is 96.8 Å². The zero-order chi connectivity index (χ0) is 11.2. The Bertz CT molecular complexity index is 377. The smallest absolute Gasteiger partial charge is 0.0553 e. The van der Waals surface area contributed by atoms with E-state index in [0.717, 1.165) is 19.8 Å². The van der Waals surface area contributed by atoms with E-state index in [1.807, 2.05) is 0 Å². The van der Waals surface area contributed by atoms with Gasteiger partial charge in [-0.2, -0.15) is 0 Å². The summed E-state index contributed by atoms with van der Waals surface area (Å²) in [6.45, 7) is 7.41. The maximum Gasteiger partial charge on any atom is 0.0553 e. The van der Waals surface area contributed by atoms with Crippen LogP contribution in [0.3, 0.4) is 0 Å². The molecule has 3 heterocycles. The minimum atomic E-state index is 0.392. The molecule has 0 radical (unpaired) electrons. The molecule has 0 saturated carbocycles. The SMILES string of the molecule is CC(C)n1ccc([C@@H]2NC[C@@]23CCOC3)c1. The highest BCUT2D eigenvalue weighted by atomic mass is 16.5. The first-order valence-corrected chi connectivity index (χ1v) is 6.20. The van der Waals surface area contributed by atoms with Crippen molar-refractivity contribution in [1.82, 2.24) is 9.88 Å². The Balaban J connectivity index is 1.81. The first-order chi connectivity index (χ1) is 7.71. The fourth-order valence-electron chi connectivity index (χ4n) is 2.88. The average molecular weight is 220 g/mol. The second kappa shape index (κ2) is 3.60. The second-order valence-electron chi connectivity index (χ2n) is 5.46. The van der Waals surface area contributed by atoms with Crippen molar-refractivity contribution in [2.75, 3.05) is 19.8 Å². The van der Waals surface area contributed by atoms with E-state index >= 15 is 0 Å². The van der Waals surface area contributed by atoms with E-state index in [2.05, 4.69) is 42.2 Å². The molecule has 0 aliphatic carbocycles. The molecule has 3 rings (SSSR count). The highest BCUT2D eigenvalue weighted by Gasteiger charge is 2.49. The van der Waals surface area contributed by atoms with Crippen LogP contribution in [-0.4, -0.2) is 24.3 Å². The van der Waals surface area contributed by atoms with Gasteiger partial charge in [0.05, 0.1) is 6.61 Å². The quantitative estimate of drug-likeness (QED) is 0.826. The molecule has 3 heteroatoms. The maximum absolute atomic E-state index is 5.56. The van der Waals surface area contributed by atoms with Crippen LogP contribution in [0, 0.1) is 5.41 Å². The van der Waals surface area contributed by atoms with Gasteiger partial charge in [-0.05, 0) is 31.9 Å². The van der Waals surface area contributed by atoms with Gasteiger partial charge in [-0.15, -0.1) is 0 Å². The summed E-state index contributed by atoms with van der Waals surface area (Å²) in [5.74, 6) is 0. The Kier molecular flexibility index (Phi) is 2.33. The molecule has 0 bridgehead atoms. The van der Waals surface area contributed by atoms with Gasteiger partial charge in [-0.3, -0.25) is 0 Å². The highest BCUT2D eigenvalue weighted by Crippen LogP contribution is 2.47. The van der Waals surface area contributed by atoms with Crippen LogP contribution in [0.2, 0.25) is 0 Å². The number of nitrogens with zero attached hydrogens (tertiary/aromatic N) is 1. The molecule has 1 aromatic heterocycles. The molecule has 88 valence electrons. The molecule has 0 amide bonds. The van der Waals surface area contributed by atoms with Crippen molar-refractivity contribution in [3.63, 3.8) is 0 Å². The van der Waals surface area contributed by atoms with Gasteiger partial charge in [0.2, 0.25) is 0 Å². The molecule has 2 atom stereocenters. The number of hydrogen-bond donors (Lipinski definition) is 1. The summed E-state index contributed by atoms with van der Waals surface area (Å²) in [4.78, 5) is 0. The predicted molar refractivity (Wildman–Crippen MR) is 63.4 cm³/mol. The van der Waals surface area contributed by atoms with Crippen molar-refractivity contribution >= 4 is 0 Å². The summed E-state index contributed by atoms with van der Waals surface area (Å²) >= 11 is 0. The molecule has 16 heavy (non-hydrogen) atoms. The van der Waals surface area contributed by atoms with Gasteiger partial charge < -0.3 is 14.6 Å². The van der Waals surface area contributed by atoms with E-state index in [1.165, 1.54) is 12.0 Å². The fourth-order valence-corrected chi connectivity index (χ4v) is 2.88. The first-order valence-electron chi connectivity index (χ1n) is 6.20. The molecule has 0 unspecified atom stereocenters. The zero-order valence-corrected chi connectivity index (χ0v) is 10.1. The molecular weight excluding hydrogens is 200 g/mol. The van der Waals surface area contributed by atoms with E-state index in [0.29, 0.717) is 17.5 Å². The molecular formula is C13H20N2O. The molecule has 1 aromatic rings. The largest absolute Gasteiger partial charge is 0.381 e. The predicted octanol–water partition coefficient (Wildman–Crippen LogP) is 2.12. The van der Waals surface area contributed by atoms with Crippen LogP contribution in [-0.2, 0) is 4.74 Å². The lowest BCUT2D eigenvalue weighted by molar-refractivity contribution is 0.0577. The summed E-state index contributed by atoms with van der Waals surface area (Å²) in [6, 6.07) is 3.30. The topological polar surface area (TPSA) is 26.2 Å². The van der Waals surface area contributed by atoms with Gasteiger partial charge in [-0.1, -0.05) is 0 Å². The Morgan fingerprint density at radius 1 is 1.56 bits per heavy atom. The van der Waals surface area contributed by atoms with Gasteiger partial charge in [0, 0.05) is 43.0 Å². The van der Waals surface area contributed by atoms with Crippen LogP contribution in [0.5, 0.6) is 0 Å². The van der Waals surface area contributed by atoms with Crippen molar-refractivity contribution in [3.8, 4) is 0 Å². The Morgan fingerprint density at radius 3 is 2.94 bits per heavy atom. The molecule has 3 nitrogen and oxygen atoms in total. The molecule has 0 aromatic carbocycles. The van der Waals surface area contributed by atoms with Crippen LogP contribution in [0.25, 0.3) is 0 Å². The van der Waals surface area contributed by atoms with Gasteiger partial charge in [-0.25, -0.2) is 0 Å². The summed E-state index contributed by atoms with van der Waals surface area (Å²) in [7, 11) is 0. The normalized spacial score (nSPS) is 33.6. The van der Waals surface area contributed by atoms with Crippen LogP contribution in [0.4, 0.5) is 0 Å². The average Bonchev–Trinajstić information content (AvgIpc) is 2.85. The van der Waals surface area contributed by atoms with E-state index < -0.39 is 0 Å². The second-order valence-corrected chi connectivity index (χ2v) is 5.46. The third kappa shape index (κ3) is 1.42. The monoisotopic (exact) mass is 220 g/mol. The minimum Gasteiger partial charge on any atom is -0.381 e. The van der Waals surface area contributed by atoms with Gasteiger partial charge in [0.25, 0.3) is 0 Å². The third-order valence-electron chi connectivity index (χ3n) is 4.07. The minimum absolute atomic E-state index is 0.392. The van der Waals surface area contributed by atoms with E-state index in [1.54, 1.807) is 0 Å². The summed E-state index contributed by atoms with van der Waals surface area (Å²) < 4.78 is 7.84.